The fourth-order valence-electron chi connectivity index (χ4n) is 2.47. The Morgan fingerprint density at radius 1 is 1.09 bits per heavy atom. The van der Waals surface area contributed by atoms with Crippen LogP contribution in [0, 0.1) is 0 Å². The molecule has 0 aliphatic rings. The highest BCUT2D eigenvalue weighted by molar-refractivity contribution is 5.91. The molecule has 0 atom stereocenters. The second-order valence-corrected chi connectivity index (χ2v) is 6.59. The fraction of sp³-hybridized carbons (Fsp3) is 0.316. The number of para-hydroxylation sites is 1. The molecular formula is C19H24N2O. The van der Waals surface area contributed by atoms with Crippen molar-refractivity contribution in [3.05, 3.63) is 59.7 Å². The zero-order valence-electron chi connectivity index (χ0n) is 13.5. The molecule has 22 heavy (non-hydrogen) atoms. The van der Waals surface area contributed by atoms with E-state index in [-0.39, 0.29) is 11.3 Å². The maximum Gasteiger partial charge on any atom is 0.224 e. The first-order valence-electron chi connectivity index (χ1n) is 7.60. The van der Waals surface area contributed by atoms with Crippen molar-refractivity contribution in [2.75, 3.05) is 11.1 Å². The molecule has 0 aliphatic carbocycles. The van der Waals surface area contributed by atoms with Gasteiger partial charge in [-0.3, -0.25) is 4.79 Å². The summed E-state index contributed by atoms with van der Waals surface area (Å²) >= 11 is 0. The highest BCUT2D eigenvalue weighted by Crippen LogP contribution is 2.29. The molecule has 0 aromatic heterocycles. The number of benzene rings is 2. The Hall–Kier alpha value is -2.29. The van der Waals surface area contributed by atoms with E-state index in [0.29, 0.717) is 12.8 Å². The minimum Gasteiger partial charge on any atom is -0.399 e. The number of nitrogens with one attached hydrogen (secondary N) is 1. The van der Waals surface area contributed by atoms with Crippen molar-refractivity contribution in [2.45, 2.75) is 39.0 Å². The Balaban J connectivity index is 2.01. The fourth-order valence-corrected chi connectivity index (χ4v) is 2.47. The van der Waals surface area contributed by atoms with Gasteiger partial charge in [-0.1, -0.05) is 51.1 Å². The van der Waals surface area contributed by atoms with Gasteiger partial charge in [0.05, 0.1) is 0 Å². The van der Waals surface area contributed by atoms with Crippen molar-refractivity contribution in [3.63, 3.8) is 0 Å². The van der Waals surface area contributed by atoms with Gasteiger partial charge >= 0.3 is 0 Å². The van der Waals surface area contributed by atoms with Gasteiger partial charge in [-0.25, -0.2) is 0 Å². The molecular weight excluding hydrogens is 272 g/mol. The summed E-state index contributed by atoms with van der Waals surface area (Å²) in [5.41, 5.74) is 9.61. The van der Waals surface area contributed by atoms with Crippen LogP contribution in [0.4, 0.5) is 11.4 Å². The van der Waals surface area contributed by atoms with Crippen LogP contribution < -0.4 is 11.1 Å². The summed E-state index contributed by atoms with van der Waals surface area (Å²) in [5.74, 6) is 0.0270. The number of carbonyl (C=O) groups is 1. The van der Waals surface area contributed by atoms with Crippen molar-refractivity contribution in [1.82, 2.24) is 0 Å². The van der Waals surface area contributed by atoms with Gasteiger partial charge in [-0.15, -0.1) is 0 Å². The number of carbonyl (C=O) groups excluding carboxylic acids is 1. The minimum absolute atomic E-state index is 0.00223. The molecule has 0 unspecified atom stereocenters. The molecule has 3 nitrogen and oxygen atoms in total. The zero-order valence-corrected chi connectivity index (χ0v) is 13.5. The Morgan fingerprint density at radius 2 is 1.82 bits per heavy atom. The van der Waals surface area contributed by atoms with Gasteiger partial charge in [-0.2, -0.15) is 0 Å². The minimum atomic E-state index is -0.00223. The maximum atomic E-state index is 12.2. The molecule has 0 fully saturated rings. The van der Waals surface area contributed by atoms with Crippen LogP contribution in [-0.4, -0.2) is 5.91 Å². The Kier molecular flexibility index (Phi) is 4.86. The van der Waals surface area contributed by atoms with Crippen LogP contribution in [0.3, 0.4) is 0 Å². The first-order chi connectivity index (χ1) is 10.4. The topological polar surface area (TPSA) is 55.1 Å². The summed E-state index contributed by atoms with van der Waals surface area (Å²) < 4.78 is 0. The van der Waals surface area contributed by atoms with Gasteiger partial charge in [0.15, 0.2) is 0 Å². The lowest BCUT2D eigenvalue weighted by molar-refractivity contribution is -0.116. The molecule has 3 N–H and O–H groups in total. The normalized spacial score (nSPS) is 11.2. The molecule has 0 saturated heterocycles. The summed E-state index contributed by atoms with van der Waals surface area (Å²) in [7, 11) is 0. The average molecular weight is 296 g/mol. The molecule has 2 aromatic rings. The molecule has 2 aromatic carbocycles. The van der Waals surface area contributed by atoms with Gasteiger partial charge < -0.3 is 11.1 Å². The van der Waals surface area contributed by atoms with Crippen molar-refractivity contribution >= 4 is 17.3 Å². The van der Waals surface area contributed by atoms with E-state index in [1.807, 2.05) is 42.5 Å². The first-order valence-corrected chi connectivity index (χ1v) is 7.60. The van der Waals surface area contributed by atoms with E-state index in [0.717, 1.165) is 22.5 Å². The van der Waals surface area contributed by atoms with Crippen LogP contribution in [0.15, 0.2) is 48.5 Å². The zero-order chi connectivity index (χ0) is 16.2. The predicted octanol–water partition coefficient (Wildman–Crippen LogP) is 4.14. The van der Waals surface area contributed by atoms with Crippen LogP contribution in [-0.2, 0) is 16.6 Å². The SMILES string of the molecule is CC(C)(C)c1ccccc1NC(=O)CCc1cccc(N)c1. The predicted molar refractivity (Wildman–Crippen MR) is 92.9 cm³/mol. The van der Waals surface area contributed by atoms with Crippen molar-refractivity contribution < 1.29 is 4.79 Å². The molecule has 2 rings (SSSR count). The molecule has 116 valence electrons. The highest BCUT2D eigenvalue weighted by atomic mass is 16.1. The summed E-state index contributed by atoms with van der Waals surface area (Å²) in [6, 6.07) is 15.6. The standard InChI is InChI=1S/C19H24N2O/c1-19(2,3)16-9-4-5-10-17(16)21-18(22)12-11-14-7-6-8-15(20)13-14/h4-10,13H,11-12,20H2,1-3H3,(H,21,22). The molecule has 0 bridgehead atoms. The number of hydrogen-bond acceptors (Lipinski definition) is 2. The summed E-state index contributed by atoms with van der Waals surface area (Å²) in [6.07, 6.45) is 1.14. The Labute approximate surface area is 132 Å². The largest absolute Gasteiger partial charge is 0.399 e. The monoisotopic (exact) mass is 296 g/mol. The third kappa shape index (κ3) is 4.35. The van der Waals surface area contributed by atoms with Crippen LogP contribution in [0.1, 0.15) is 38.3 Å². The van der Waals surface area contributed by atoms with Crippen LogP contribution >= 0.6 is 0 Å². The second-order valence-electron chi connectivity index (χ2n) is 6.59. The van der Waals surface area contributed by atoms with Crippen molar-refractivity contribution in [3.8, 4) is 0 Å². The highest BCUT2D eigenvalue weighted by Gasteiger charge is 2.18. The van der Waals surface area contributed by atoms with Crippen LogP contribution in [0.25, 0.3) is 0 Å². The Bertz CT molecular complexity index is 656. The van der Waals surface area contributed by atoms with E-state index >= 15 is 0 Å². The van der Waals surface area contributed by atoms with E-state index in [1.54, 1.807) is 0 Å². The number of aryl methyl sites for hydroxylation is 1. The van der Waals surface area contributed by atoms with Gasteiger partial charge in [0.2, 0.25) is 5.91 Å². The number of nitrogens with two attached hydrogens (primary N) is 1. The molecule has 0 spiro atoms. The third-order valence-corrected chi connectivity index (χ3v) is 3.60. The van der Waals surface area contributed by atoms with Crippen LogP contribution in [0.2, 0.25) is 0 Å². The van der Waals surface area contributed by atoms with E-state index < -0.39 is 0 Å². The summed E-state index contributed by atoms with van der Waals surface area (Å²) in [5, 5.41) is 3.03. The van der Waals surface area contributed by atoms with E-state index in [1.165, 1.54) is 0 Å². The lowest BCUT2D eigenvalue weighted by atomic mass is 9.86. The van der Waals surface area contributed by atoms with E-state index in [2.05, 4.69) is 32.2 Å². The molecule has 0 saturated carbocycles. The molecule has 1 amide bonds. The first kappa shape index (κ1) is 16.1. The smallest absolute Gasteiger partial charge is 0.224 e. The van der Waals surface area contributed by atoms with Gasteiger partial charge in [0, 0.05) is 17.8 Å². The van der Waals surface area contributed by atoms with Crippen molar-refractivity contribution in [1.29, 1.82) is 0 Å². The lowest BCUT2D eigenvalue weighted by Crippen LogP contribution is -2.18. The number of rotatable bonds is 4. The summed E-state index contributed by atoms with van der Waals surface area (Å²) in [4.78, 5) is 12.2. The van der Waals surface area contributed by atoms with Gasteiger partial charge in [-0.05, 0) is 41.2 Å². The number of nitrogen functional groups attached to an aromatic ring is 1. The quantitative estimate of drug-likeness (QED) is 0.833. The van der Waals surface area contributed by atoms with E-state index in [4.69, 9.17) is 5.73 Å². The average Bonchev–Trinajstić information content (AvgIpc) is 2.45. The molecule has 0 heterocycles. The molecule has 0 radical (unpaired) electrons. The third-order valence-electron chi connectivity index (χ3n) is 3.60. The maximum absolute atomic E-state index is 12.2. The Morgan fingerprint density at radius 3 is 2.50 bits per heavy atom. The summed E-state index contributed by atoms with van der Waals surface area (Å²) in [6.45, 7) is 6.43. The van der Waals surface area contributed by atoms with Gasteiger partial charge in [0.25, 0.3) is 0 Å². The molecule has 0 aliphatic heterocycles. The lowest BCUT2D eigenvalue weighted by Gasteiger charge is -2.23. The second kappa shape index (κ2) is 6.65. The number of hydrogen-bond donors (Lipinski definition) is 2. The number of amides is 1. The van der Waals surface area contributed by atoms with Crippen LogP contribution in [0.5, 0.6) is 0 Å². The number of anilines is 2. The molecule has 3 heteroatoms. The van der Waals surface area contributed by atoms with Gasteiger partial charge in [0.1, 0.15) is 0 Å². The van der Waals surface area contributed by atoms with Crippen molar-refractivity contribution in [2.24, 2.45) is 0 Å². The van der Waals surface area contributed by atoms with E-state index in [9.17, 15) is 4.79 Å².